The van der Waals surface area contributed by atoms with Crippen LogP contribution in [0.3, 0.4) is 0 Å². The zero-order chi connectivity index (χ0) is 12.5. The van der Waals surface area contributed by atoms with Gasteiger partial charge < -0.3 is 5.11 Å². The molecule has 0 amide bonds. The van der Waals surface area contributed by atoms with Gasteiger partial charge >= 0.3 is 0 Å². The molecule has 96 valence electrons. The van der Waals surface area contributed by atoms with Gasteiger partial charge in [0, 0.05) is 10.9 Å². The summed E-state index contributed by atoms with van der Waals surface area (Å²) in [5.41, 5.74) is -0.810. The molecule has 0 bridgehead atoms. The molecule has 2 N–H and O–H groups in total. The van der Waals surface area contributed by atoms with Crippen LogP contribution in [0.5, 0.6) is 0 Å². The molecule has 1 aliphatic carbocycles. The molecule has 0 radical (unpaired) electrons. The molecule has 1 atom stereocenters. The number of sulfonamides is 1. The average molecular weight is 275 g/mol. The van der Waals surface area contributed by atoms with Gasteiger partial charge in [-0.3, -0.25) is 0 Å². The lowest BCUT2D eigenvalue weighted by atomic mass is 10.2. The second-order valence-corrected chi connectivity index (χ2v) is 7.50. The number of aryl methyl sites for hydroxylation is 1. The molecule has 1 aliphatic rings. The Morgan fingerprint density at radius 3 is 2.82 bits per heavy atom. The molecular formula is C11H17NO3S2. The van der Waals surface area contributed by atoms with Crippen LogP contribution in [-0.4, -0.2) is 30.9 Å². The fourth-order valence-electron chi connectivity index (χ4n) is 1.69. The lowest BCUT2D eigenvalue weighted by Crippen LogP contribution is -2.43. The summed E-state index contributed by atoms with van der Waals surface area (Å²) in [5.74, 6) is 0.0773. The minimum atomic E-state index is -3.30. The van der Waals surface area contributed by atoms with Crippen molar-refractivity contribution in [2.75, 3.05) is 5.75 Å². The smallest absolute Gasteiger partial charge is 0.212 e. The summed E-state index contributed by atoms with van der Waals surface area (Å²) in [5, 5.41) is 11.7. The molecule has 2 rings (SSSR count). The van der Waals surface area contributed by atoms with Crippen molar-refractivity contribution in [3.05, 3.63) is 22.4 Å². The van der Waals surface area contributed by atoms with Crippen molar-refractivity contribution in [3.63, 3.8) is 0 Å². The first kappa shape index (κ1) is 13.0. The molecule has 4 nitrogen and oxygen atoms in total. The van der Waals surface area contributed by atoms with E-state index in [-0.39, 0.29) is 5.75 Å². The Morgan fingerprint density at radius 1 is 1.59 bits per heavy atom. The number of nitrogens with one attached hydrogen (secondary N) is 1. The van der Waals surface area contributed by atoms with Gasteiger partial charge in [0.05, 0.1) is 11.4 Å². The molecule has 0 spiro atoms. The topological polar surface area (TPSA) is 66.4 Å². The van der Waals surface area contributed by atoms with Gasteiger partial charge in [0.2, 0.25) is 10.0 Å². The monoisotopic (exact) mass is 275 g/mol. The van der Waals surface area contributed by atoms with E-state index < -0.39 is 21.7 Å². The molecule has 1 fully saturated rings. The Balaban J connectivity index is 1.86. The third-order valence-corrected chi connectivity index (χ3v) is 5.51. The quantitative estimate of drug-likeness (QED) is 0.817. The van der Waals surface area contributed by atoms with Crippen molar-refractivity contribution in [2.45, 2.75) is 37.8 Å². The summed E-state index contributed by atoms with van der Waals surface area (Å²) in [6.45, 7) is 1.72. The molecule has 0 aliphatic heterocycles. The van der Waals surface area contributed by atoms with Crippen LogP contribution >= 0.6 is 11.3 Å². The fraction of sp³-hybridized carbons (Fsp3) is 0.636. The lowest BCUT2D eigenvalue weighted by Gasteiger charge is -2.19. The second-order valence-electron chi connectivity index (χ2n) is 4.59. The fourth-order valence-corrected chi connectivity index (χ4v) is 3.89. The largest absolute Gasteiger partial charge is 0.388 e. The van der Waals surface area contributed by atoms with Gasteiger partial charge in [0.1, 0.15) is 0 Å². The molecule has 1 saturated carbocycles. The number of hydrogen-bond donors (Lipinski definition) is 2. The van der Waals surface area contributed by atoms with Crippen molar-refractivity contribution in [3.8, 4) is 0 Å². The molecule has 0 saturated heterocycles. The van der Waals surface area contributed by atoms with E-state index in [1.807, 2.05) is 17.5 Å². The average Bonchev–Trinajstić information content (AvgIpc) is 2.81. The van der Waals surface area contributed by atoms with Crippen molar-refractivity contribution < 1.29 is 13.5 Å². The maximum absolute atomic E-state index is 11.8. The van der Waals surface area contributed by atoms with Gasteiger partial charge in [0.25, 0.3) is 0 Å². The van der Waals surface area contributed by atoms with Gasteiger partial charge in [-0.15, -0.1) is 11.3 Å². The van der Waals surface area contributed by atoms with Crippen molar-refractivity contribution in [2.24, 2.45) is 0 Å². The third kappa shape index (κ3) is 3.51. The highest BCUT2D eigenvalue weighted by Crippen LogP contribution is 2.38. The van der Waals surface area contributed by atoms with Gasteiger partial charge in [-0.1, -0.05) is 6.07 Å². The number of rotatable bonds is 6. The Hall–Kier alpha value is -0.430. The van der Waals surface area contributed by atoms with Crippen LogP contribution in [0.2, 0.25) is 0 Å². The van der Waals surface area contributed by atoms with E-state index in [0.29, 0.717) is 19.3 Å². The first-order valence-electron chi connectivity index (χ1n) is 5.66. The molecule has 6 heteroatoms. The highest BCUT2D eigenvalue weighted by molar-refractivity contribution is 7.89. The van der Waals surface area contributed by atoms with Gasteiger partial charge in [0.15, 0.2) is 0 Å². The molecule has 0 aromatic carbocycles. The van der Waals surface area contributed by atoms with Crippen molar-refractivity contribution in [1.29, 1.82) is 0 Å². The molecule has 1 aromatic heterocycles. The standard InChI is InChI=1S/C11H17NO3S2/c1-9(11(13)5-6-11)12-17(14,15)8-4-10-3-2-7-16-10/h2-3,7,9,12-13H,4-6,8H2,1H3/t9-/m0/s1. The predicted octanol–water partition coefficient (Wildman–Crippen LogP) is 1.12. The van der Waals surface area contributed by atoms with Crippen molar-refractivity contribution in [1.82, 2.24) is 4.72 Å². The molecular weight excluding hydrogens is 258 g/mol. The maximum atomic E-state index is 11.8. The summed E-state index contributed by atoms with van der Waals surface area (Å²) in [6.07, 6.45) is 1.89. The Labute approximate surface area is 106 Å². The summed E-state index contributed by atoms with van der Waals surface area (Å²) >= 11 is 1.56. The van der Waals surface area contributed by atoms with Crippen LogP contribution in [0.4, 0.5) is 0 Å². The lowest BCUT2D eigenvalue weighted by molar-refractivity contribution is 0.119. The molecule has 1 heterocycles. The minimum Gasteiger partial charge on any atom is -0.388 e. The van der Waals surface area contributed by atoms with Gasteiger partial charge in [-0.25, -0.2) is 13.1 Å². The van der Waals surface area contributed by atoms with E-state index in [2.05, 4.69) is 4.72 Å². The van der Waals surface area contributed by atoms with E-state index in [1.165, 1.54) is 0 Å². The van der Waals surface area contributed by atoms with Gasteiger partial charge in [-0.05, 0) is 37.6 Å². The number of hydrogen-bond acceptors (Lipinski definition) is 4. The number of aliphatic hydroxyl groups is 1. The second kappa shape index (κ2) is 4.68. The zero-order valence-corrected chi connectivity index (χ0v) is 11.4. The van der Waals surface area contributed by atoms with Crippen LogP contribution in [0.1, 0.15) is 24.6 Å². The Morgan fingerprint density at radius 2 is 2.29 bits per heavy atom. The van der Waals surface area contributed by atoms with Gasteiger partial charge in [-0.2, -0.15) is 0 Å². The van der Waals surface area contributed by atoms with Crippen LogP contribution in [-0.2, 0) is 16.4 Å². The first-order chi connectivity index (χ1) is 7.91. The van der Waals surface area contributed by atoms with E-state index in [1.54, 1.807) is 18.3 Å². The molecule has 17 heavy (non-hydrogen) atoms. The SMILES string of the molecule is C[C@H](NS(=O)(=O)CCc1cccs1)C1(O)CC1. The summed E-state index contributed by atoms with van der Waals surface area (Å²) in [6, 6.07) is 3.45. The van der Waals surface area contributed by atoms with Crippen molar-refractivity contribution >= 4 is 21.4 Å². The first-order valence-corrected chi connectivity index (χ1v) is 8.19. The van der Waals surface area contributed by atoms with Crippen LogP contribution in [0.15, 0.2) is 17.5 Å². The molecule has 1 aromatic rings. The number of thiophene rings is 1. The summed E-state index contributed by atoms with van der Waals surface area (Å²) in [4.78, 5) is 1.06. The minimum absolute atomic E-state index is 0.0773. The highest BCUT2D eigenvalue weighted by atomic mass is 32.2. The third-order valence-electron chi connectivity index (χ3n) is 3.12. The van der Waals surface area contributed by atoms with E-state index >= 15 is 0 Å². The van der Waals surface area contributed by atoms with Crippen LogP contribution in [0.25, 0.3) is 0 Å². The van der Waals surface area contributed by atoms with Crippen LogP contribution < -0.4 is 4.72 Å². The Bertz CT molecular complexity index is 463. The molecule has 0 unspecified atom stereocenters. The zero-order valence-electron chi connectivity index (χ0n) is 9.72. The van der Waals surface area contributed by atoms with Crippen LogP contribution in [0, 0.1) is 0 Å². The van der Waals surface area contributed by atoms with E-state index in [4.69, 9.17) is 0 Å². The van der Waals surface area contributed by atoms with E-state index in [0.717, 1.165) is 4.88 Å². The Kier molecular flexibility index (Phi) is 3.58. The normalized spacial score (nSPS) is 20.1. The summed E-state index contributed by atoms with van der Waals surface area (Å²) in [7, 11) is -3.30. The summed E-state index contributed by atoms with van der Waals surface area (Å²) < 4.78 is 26.1. The van der Waals surface area contributed by atoms with E-state index in [9.17, 15) is 13.5 Å². The maximum Gasteiger partial charge on any atom is 0.212 e. The predicted molar refractivity (Wildman–Crippen MR) is 68.6 cm³/mol. The highest BCUT2D eigenvalue weighted by Gasteiger charge is 2.46.